The van der Waals surface area contributed by atoms with Crippen LogP contribution in [0.2, 0.25) is 0 Å². The lowest BCUT2D eigenvalue weighted by molar-refractivity contribution is 0.177. The van der Waals surface area contributed by atoms with Crippen LogP contribution in [0.15, 0.2) is 0 Å². The molecule has 2 fully saturated rings. The van der Waals surface area contributed by atoms with E-state index < -0.39 is 0 Å². The molecule has 0 amide bonds. The van der Waals surface area contributed by atoms with E-state index in [0.717, 1.165) is 24.7 Å². The summed E-state index contributed by atoms with van der Waals surface area (Å²) in [6.07, 6.45) is 7.53. The highest BCUT2D eigenvalue weighted by Gasteiger charge is 2.31. The molecule has 0 bridgehead atoms. The fourth-order valence-corrected chi connectivity index (χ4v) is 2.27. The zero-order valence-electron chi connectivity index (χ0n) is 9.78. The second-order valence-electron chi connectivity index (χ2n) is 5.26. The number of nitrogens with zero attached hydrogens (tertiary/aromatic N) is 2. The van der Waals surface area contributed by atoms with Crippen molar-refractivity contribution >= 4 is 0 Å². The summed E-state index contributed by atoms with van der Waals surface area (Å²) in [6.45, 7) is 4.74. The molecular formula is C13H22N2. The van der Waals surface area contributed by atoms with Crippen LogP contribution in [-0.2, 0) is 0 Å². The maximum Gasteiger partial charge on any atom is 0.0638 e. The minimum atomic E-state index is 0.524. The van der Waals surface area contributed by atoms with Crippen molar-refractivity contribution in [1.82, 2.24) is 4.90 Å². The van der Waals surface area contributed by atoms with Crippen LogP contribution < -0.4 is 0 Å². The van der Waals surface area contributed by atoms with Gasteiger partial charge in [0, 0.05) is 19.1 Å². The van der Waals surface area contributed by atoms with Crippen molar-refractivity contribution < 1.29 is 0 Å². The van der Waals surface area contributed by atoms with Gasteiger partial charge in [-0.05, 0) is 43.9 Å². The third kappa shape index (κ3) is 3.50. The van der Waals surface area contributed by atoms with Crippen molar-refractivity contribution in [3.63, 3.8) is 0 Å². The predicted octanol–water partition coefficient (Wildman–Crippen LogP) is 2.80. The van der Waals surface area contributed by atoms with E-state index in [1.165, 1.54) is 38.8 Å². The normalized spacial score (nSPS) is 22.7. The van der Waals surface area contributed by atoms with Crippen LogP contribution in [0.3, 0.4) is 0 Å². The van der Waals surface area contributed by atoms with Gasteiger partial charge in [-0.3, -0.25) is 4.90 Å². The standard InChI is InChI=1S/C13H22N2/c1-2-13(7-8-14)15(9-11-3-4-11)10-12-5-6-12/h11-13H,2-7,9-10H2,1H3. The van der Waals surface area contributed by atoms with Crippen LogP contribution >= 0.6 is 0 Å². The SMILES string of the molecule is CCC(CC#N)N(CC1CC1)CC1CC1. The summed E-state index contributed by atoms with van der Waals surface area (Å²) in [5, 5.41) is 8.84. The smallest absolute Gasteiger partial charge is 0.0638 e. The molecule has 0 saturated heterocycles. The molecule has 2 aliphatic carbocycles. The second-order valence-corrected chi connectivity index (χ2v) is 5.26. The zero-order chi connectivity index (χ0) is 10.7. The Balaban J connectivity index is 1.84. The van der Waals surface area contributed by atoms with Crippen molar-refractivity contribution in [1.29, 1.82) is 5.26 Å². The molecule has 0 aromatic heterocycles. The van der Waals surface area contributed by atoms with Crippen LogP contribution in [-0.4, -0.2) is 24.0 Å². The third-order valence-corrected chi connectivity index (χ3v) is 3.69. The van der Waals surface area contributed by atoms with E-state index in [1.54, 1.807) is 0 Å². The Labute approximate surface area is 93.3 Å². The van der Waals surface area contributed by atoms with E-state index in [2.05, 4.69) is 17.9 Å². The van der Waals surface area contributed by atoms with Crippen LogP contribution in [0.1, 0.15) is 45.4 Å². The van der Waals surface area contributed by atoms with Crippen LogP contribution in [0.4, 0.5) is 0 Å². The summed E-state index contributed by atoms with van der Waals surface area (Å²) >= 11 is 0. The van der Waals surface area contributed by atoms with Crippen LogP contribution in [0, 0.1) is 23.2 Å². The zero-order valence-corrected chi connectivity index (χ0v) is 9.78. The molecule has 2 nitrogen and oxygen atoms in total. The van der Waals surface area contributed by atoms with Crippen molar-refractivity contribution in [3.05, 3.63) is 0 Å². The second kappa shape index (κ2) is 4.99. The molecule has 0 aromatic carbocycles. The van der Waals surface area contributed by atoms with Gasteiger partial charge in [0.1, 0.15) is 0 Å². The minimum Gasteiger partial charge on any atom is -0.299 e. The molecule has 2 rings (SSSR count). The molecule has 0 N–H and O–H groups in total. The first-order chi connectivity index (χ1) is 7.33. The monoisotopic (exact) mass is 206 g/mol. The highest BCUT2D eigenvalue weighted by molar-refractivity contribution is 4.88. The molecule has 0 heterocycles. The van der Waals surface area contributed by atoms with Gasteiger partial charge in [0.05, 0.1) is 12.5 Å². The Kier molecular flexibility index (Phi) is 3.64. The number of nitriles is 1. The molecular weight excluding hydrogens is 184 g/mol. The van der Waals surface area contributed by atoms with Gasteiger partial charge in [-0.1, -0.05) is 6.92 Å². The Bertz CT molecular complexity index is 221. The van der Waals surface area contributed by atoms with E-state index in [-0.39, 0.29) is 0 Å². The lowest BCUT2D eigenvalue weighted by Crippen LogP contribution is -2.37. The molecule has 1 atom stereocenters. The lowest BCUT2D eigenvalue weighted by Gasteiger charge is -2.29. The summed E-state index contributed by atoms with van der Waals surface area (Å²) in [5.74, 6) is 1.91. The number of hydrogen-bond acceptors (Lipinski definition) is 2. The molecule has 0 aliphatic heterocycles. The summed E-state index contributed by atoms with van der Waals surface area (Å²) in [7, 11) is 0. The van der Waals surface area contributed by atoms with Gasteiger partial charge in [0.25, 0.3) is 0 Å². The van der Waals surface area contributed by atoms with Gasteiger partial charge in [-0.15, -0.1) is 0 Å². The summed E-state index contributed by atoms with van der Waals surface area (Å²) < 4.78 is 0. The summed E-state index contributed by atoms with van der Waals surface area (Å²) in [4.78, 5) is 2.61. The first kappa shape index (κ1) is 11.0. The van der Waals surface area contributed by atoms with Crippen molar-refractivity contribution in [2.45, 2.75) is 51.5 Å². The quantitative estimate of drug-likeness (QED) is 0.640. The fourth-order valence-electron chi connectivity index (χ4n) is 2.27. The average molecular weight is 206 g/mol. The molecule has 2 aliphatic rings. The number of hydrogen-bond donors (Lipinski definition) is 0. The van der Waals surface area contributed by atoms with E-state index in [0.29, 0.717) is 6.04 Å². The van der Waals surface area contributed by atoms with Crippen molar-refractivity contribution in [2.75, 3.05) is 13.1 Å². The summed E-state index contributed by atoms with van der Waals surface area (Å²) in [5.41, 5.74) is 0. The molecule has 2 heteroatoms. The minimum absolute atomic E-state index is 0.524. The molecule has 0 radical (unpaired) electrons. The van der Waals surface area contributed by atoms with E-state index >= 15 is 0 Å². The first-order valence-electron chi connectivity index (χ1n) is 6.44. The molecule has 0 spiro atoms. The van der Waals surface area contributed by atoms with Crippen LogP contribution in [0.25, 0.3) is 0 Å². The highest BCUT2D eigenvalue weighted by atomic mass is 15.2. The van der Waals surface area contributed by atoms with Crippen molar-refractivity contribution in [2.24, 2.45) is 11.8 Å². The molecule has 0 aromatic rings. The fraction of sp³-hybridized carbons (Fsp3) is 0.923. The third-order valence-electron chi connectivity index (χ3n) is 3.69. The highest BCUT2D eigenvalue weighted by Crippen LogP contribution is 2.35. The van der Waals surface area contributed by atoms with Gasteiger partial charge < -0.3 is 0 Å². The van der Waals surface area contributed by atoms with Gasteiger partial charge in [-0.25, -0.2) is 0 Å². The maximum absolute atomic E-state index is 8.84. The molecule has 1 unspecified atom stereocenters. The Hall–Kier alpha value is -0.550. The average Bonchev–Trinajstić information content (AvgIpc) is 3.07. The molecule has 2 saturated carbocycles. The largest absolute Gasteiger partial charge is 0.299 e. The van der Waals surface area contributed by atoms with E-state index in [4.69, 9.17) is 5.26 Å². The van der Waals surface area contributed by atoms with Crippen molar-refractivity contribution in [3.8, 4) is 6.07 Å². The van der Waals surface area contributed by atoms with Crippen LogP contribution in [0.5, 0.6) is 0 Å². The Morgan fingerprint density at radius 1 is 1.20 bits per heavy atom. The number of rotatable bonds is 7. The topological polar surface area (TPSA) is 27.0 Å². The molecule has 84 valence electrons. The van der Waals surface area contributed by atoms with Gasteiger partial charge >= 0.3 is 0 Å². The predicted molar refractivity (Wildman–Crippen MR) is 61.3 cm³/mol. The Morgan fingerprint density at radius 2 is 1.73 bits per heavy atom. The Morgan fingerprint density at radius 3 is 2.07 bits per heavy atom. The first-order valence-corrected chi connectivity index (χ1v) is 6.44. The van der Waals surface area contributed by atoms with E-state index in [1.807, 2.05) is 0 Å². The summed E-state index contributed by atoms with van der Waals surface area (Å²) in [6, 6.07) is 2.87. The lowest BCUT2D eigenvalue weighted by atomic mass is 10.1. The van der Waals surface area contributed by atoms with Gasteiger partial charge in [-0.2, -0.15) is 5.26 Å². The van der Waals surface area contributed by atoms with Gasteiger partial charge in [0.2, 0.25) is 0 Å². The maximum atomic E-state index is 8.84. The van der Waals surface area contributed by atoms with Gasteiger partial charge in [0.15, 0.2) is 0 Å². The van der Waals surface area contributed by atoms with E-state index in [9.17, 15) is 0 Å². The molecule has 15 heavy (non-hydrogen) atoms.